The molecular formula is C10H12ClN3O3S. The third-order valence-electron chi connectivity index (χ3n) is 2.74. The maximum Gasteiger partial charge on any atom is 0.255 e. The van der Waals surface area contributed by atoms with Gasteiger partial charge in [0.1, 0.15) is 5.82 Å². The molecule has 1 aromatic heterocycles. The summed E-state index contributed by atoms with van der Waals surface area (Å²) in [5, 5.41) is 0.211. The number of nitrogen functional groups attached to an aromatic ring is 1. The van der Waals surface area contributed by atoms with Gasteiger partial charge < -0.3 is 10.6 Å². The van der Waals surface area contributed by atoms with E-state index in [0.29, 0.717) is 0 Å². The molecule has 0 unspecified atom stereocenters. The van der Waals surface area contributed by atoms with Gasteiger partial charge in [0.15, 0.2) is 9.84 Å². The number of sulfone groups is 1. The molecule has 0 saturated carbocycles. The first kappa shape index (κ1) is 13.1. The van der Waals surface area contributed by atoms with E-state index >= 15 is 0 Å². The summed E-state index contributed by atoms with van der Waals surface area (Å²) in [6.45, 7) is 0.361. The second kappa shape index (κ2) is 4.74. The molecule has 6 nitrogen and oxygen atoms in total. The lowest BCUT2D eigenvalue weighted by molar-refractivity contribution is 0.0770. The van der Waals surface area contributed by atoms with Crippen LogP contribution in [0.5, 0.6) is 0 Å². The molecule has 0 spiro atoms. The zero-order chi connectivity index (χ0) is 13.3. The van der Waals surface area contributed by atoms with Crippen LogP contribution >= 0.6 is 11.6 Å². The van der Waals surface area contributed by atoms with Gasteiger partial charge in [0.25, 0.3) is 5.91 Å². The molecule has 2 N–H and O–H groups in total. The average molecular weight is 290 g/mol. The highest BCUT2D eigenvalue weighted by Gasteiger charge is 2.26. The largest absolute Gasteiger partial charge is 0.384 e. The zero-order valence-corrected chi connectivity index (χ0v) is 11.0. The summed E-state index contributed by atoms with van der Waals surface area (Å²) in [4.78, 5) is 17.4. The molecule has 1 amide bonds. The highest BCUT2D eigenvalue weighted by molar-refractivity contribution is 7.91. The first-order valence-corrected chi connectivity index (χ1v) is 7.50. The summed E-state index contributed by atoms with van der Waals surface area (Å²) < 4.78 is 22.6. The van der Waals surface area contributed by atoms with Crippen molar-refractivity contribution in [2.45, 2.75) is 0 Å². The Morgan fingerprint density at radius 1 is 1.39 bits per heavy atom. The zero-order valence-electron chi connectivity index (χ0n) is 9.47. The number of hydrogen-bond donors (Lipinski definition) is 1. The maximum absolute atomic E-state index is 12.1. The Balaban J connectivity index is 2.20. The van der Waals surface area contributed by atoms with Crippen molar-refractivity contribution in [1.29, 1.82) is 0 Å². The van der Waals surface area contributed by atoms with Crippen molar-refractivity contribution in [3.05, 3.63) is 22.8 Å². The Morgan fingerprint density at radius 2 is 2.00 bits per heavy atom. The van der Waals surface area contributed by atoms with E-state index in [9.17, 15) is 13.2 Å². The molecule has 8 heteroatoms. The molecule has 0 atom stereocenters. The summed E-state index contributed by atoms with van der Waals surface area (Å²) in [6.07, 6.45) is 1.31. The fourth-order valence-corrected chi connectivity index (χ4v) is 3.09. The lowest BCUT2D eigenvalue weighted by Crippen LogP contribution is -2.43. The summed E-state index contributed by atoms with van der Waals surface area (Å²) >= 11 is 5.88. The highest BCUT2D eigenvalue weighted by Crippen LogP contribution is 2.19. The van der Waals surface area contributed by atoms with Crippen LogP contribution in [0.3, 0.4) is 0 Å². The monoisotopic (exact) mass is 289 g/mol. The van der Waals surface area contributed by atoms with E-state index in [2.05, 4.69) is 4.98 Å². The Hall–Kier alpha value is -1.34. The topological polar surface area (TPSA) is 93.4 Å². The van der Waals surface area contributed by atoms with E-state index in [1.54, 1.807) is 0 Å². The van der Waals surface area contributed by atoms with Gasteiger partial charge in [-0.15, -0.1) is 0 Å². The molecule has 2 heterocycles. The van der Waals surface area contributed by atoms with Gasteiger partial charge >= 0.3 is 0 Å². The van der Waals surface area contributed by atoms with Gasteiger partial charge in [-0.25, -0.2) is 13.4 Å². The molecule has 18 heavy (non-hydrogen) atoms. The lowest BCUT2D eigenvalue weighted by Gasteiger charge is -2.27. The number of halogens is 1. The Kier molecular flexibility index (Phi) is 3.45. The van der Waals surface area contributed by atoms with Crippen LogP contribution < -0.4 is 5.73 Å². The quantitative estimate of drug-likeness (QED) is 0.796. The van der Waals surface area contributed by atoms with Crippen LogP contribution in [0.25, 0.3) is 0 Å². The van der Waals surface area contributed by atoms with Crippen LogP contribution in [0, 0.1) is 0 Å². The average Bonchev–Trinajstić information content (AvgIpc) is 2.31. The number of hydrogen-bond acceptors (Lipinski definition) is 5. The fourth-order valence-electron chi connectivity index (χ4n) is 1.70. The Bertz CT molecular complexity index is 574. The van der Waals surface area contributed by atoms with Crippen LogP contribution in [0.15, 0.2) is 12.3 Å². The van der Waals surface area contributed by atoms with Gasteiger partial charge in [0.05, 0.1) is 22.1 Å². The predicted octanol–water partition coefficient (Wildman–Crippen LogP) is 0.188. The summed E-state index contributed by atoms with van der Waals surface area (Å²) in [5.41, 5.74) is 5.75. The maximum atomic E-state index is 12.1. The van der Waals surface area contributed by atoms with Gasteiger partial charge in [0, 0.05) is 19.3 Å². The van der Waals surface area contributed by atoms with E-state index in [-0.39, 0.29) is 46.9 Å². The molecule has 2 rings (SSSR count). The SMILES string of the molecule is Nc1cc(C(=O)N2CCS(=O)(=O)CC2)c(Cl)cn1. The number of nitrogens with two attached hydrogens (primary N) is 1. The molecule has 1 aliphatic rings. The minimum absolute atomic E-state index is 0.0169. The van der Waals surface area contributed by atoms with E-state index in [1.165, 1.54) is 17.2 Å². The number of carbonyl (C=O) groups excluding carboxylic acids is 1. The molecule has 0 aliphatic carbocycles. The van der Waals surface area contributed by atoms with Crippen molar-refractivity contribution in [2.24, 2.45) is 0 Å². The van der Waals surface area contributed by atoms with Crippen molar-refractivity contribution in [3.8, 4) is 0 Å². The number of rotatable bonds is 1. The molecule has 98 valence electrons. The first-order chi connectivity index (χ1) is 8.39. The minimum Gasteiger partial charge on any atom is -0.384 e. The summed E-state index contributed by atoms with van der Waals surface area (Å²) in [5.74, 6) is -0.148. The molecule has 1 aromatic rings. The van der Waals surface area contributed by atoms with Crippen LogP contribution in [0.1, 0.15) is 10.4 Å². The van der Waals surface area contributed by atoms with Crippen LogP contribution in [-0.2, 0) is 9.84 Å². The van der Waals surface area contributed by atoms with E-state index < -0.39 is 9.84 Å². The van der Waals surface area contributed by atoms with Crippen molar-refractivity contribution in [2.75, 3.05) is 30.3 Å². The first-order valence-electron chi connectivity index (χ1n) is 5.30. The molecule has 0 bridgehead atoms. The van der Waals surface area contributed by atoms with Gasteiger partial charge in [-0.3, -0.25) is 4.79 Å². The van der Waals surface area contributed by atoms with Crippen molar-refractivity contribution >= 4 is 33.2 Å². The van der Waals surface area contributed by atoms with Crippen molar-refractivity contribution in [1.82, 2.24) is 9.88 Å². The Labute approximate surface area is 110 Å². The van der Waals surface area contributed by atoms with Gasteiger partial charge in [-0.05, 0) is 6.07 Å². The van der Waals surface area contributed by atoms with Crippen LogP contribution in [0.2, 0.25) is 5.02 Å². The molecular weight excluding hydrogens is 278 g/mol. The fraction of sp³-hybridized carbons (Fsp3) is 0.400. The van der Waals surface area contributed by atoms with E-state index in [1.807, 2.05) is 0 Å². The minimum atomic E-state index is -3.01. The van der Waals surface area contributed by atoms with Crippen LogP contribution in [0.4, 0.5) is 5.82 Å². The van der Waals surface area contributed by atoms with Gasteiger partial charge in [-0.2, -0.15) is 0 Å². The van der Waals surface area contributed by atoms with Crippen LogP contribution in [-0.4, -0.2) is 48.8 Å². The van der Waals surface area contributed by atoms with Gasteiger partial charge in [0.2, 0.25) is 0 Å². The Morgan fingerprint density at radius 3 is 2.61 bits per heavy atom. The lowest BCUT2D eigenvalue weighted by atomic mass is 10.2. The summed E-state index contributed by atoms with van der Waals surface area (Å²) in [7, 11) is -3.01. The van der Waals surface area contributed by atoms with Crippen molar-refractivity contribution in [3.63, 3.8) is 0 Å². The second-order valence-corrected chi connectivity index (χ2v) is 6.74. The smallest absolute Gasteiger partial charge is 0.255 e. The highest BCUT2D eigenvalue weighted by atomic mass is 35.5. The van der Waals surface area contributed by atoms with E-state index in [0.717, 1.165) is 0 Å². The number of pyridine rings is 1. The normalized spacial score (nSPS) is 18.6. The van der Waals surface area contributed by atoms with Gasteiger partial charge in [-0.1, -0.05) is 11.6 Å². The number of aromatic nitrogens is 1. The molecule has 1 saturated heterocycles. The standard InChI is InChI=1S/C10H12ClN3O3S/c11-8-6-13-9(12)5-7(8)10(15)14-1-3-18(16,17)4-2-14/h5-6H,1-4H2,(H2,12,13). The third kappa shape index (κ3) is 2.73. The molecule has 0 aromatic carbocycles. The summed E-state index contributed by atoms with van der Waals surface area (Å²) in [6, 6.07) is 1.40. The molecule has 1 fully saturated rings. The third-order valence-corrected chi connectivity index (χ3v) is 4.65. The number of nitrogens with zero attached hydrogens (tertiary/aromatic N) is 2. The molecule has 0 radical (unpaired) electrons. The van der Waals surface area contributed by atoms with Crippen molar-refractivity contribution < 1.29 is 13.2 Å². The molecule has 1 aliphatic heterocycles. The number of anilines is 1. The van der Waals surface area contributed by atoms with E-state index in [4.69, 9.17) is 17.3 Å². The number of carbonyl (C=O) groups is 1. The number of amides is 1. The second-order valence-electron chi connectivity index (χ2n) is 4.03. The predicted molar refractivity (Wildman–Crippen MR) is 68.2 cm³/mol.